The molecule has 1 atom stereocenters. The maximum absolute atomic E-state index is 13.0. The van der Waals surface area contributed by atoms with Crippen LogP contribution in [0.25, 0.3) is 0 Å². The van der Waals surface area contributed by atoms with Gasteiger partial charge in [0.2, 0.25) is 5.91 Å². The molecule has 2 aromatic carbocycles. The van der Waals surface area contributed by atoms with Crippen LogP contribution in [-0.2, 0) is 17.6 Å². The second-order valence-corrected chi connectivity index (χ2v) is 7.03. The van der Waals surface area contributed by atoms with Crippen molar-refractivity contribution in [2.75, 3.05) is 26.1 Å². The zero-order chi connectivity index (χ0) is 20.6. The molecule has 0 spiro atoms. The van der Waals surface area contributed by atoms with E-state index in [0.717, 1.165) is 18.4 Å². The van der Waals surface area contributed by atoms with E-state index in [-0.39, 0.29) is 5.91 Å². The van der Waals surface area contributed by atoms with Crippen molar-refractivity contribution in [3.63, 3.8) is 0 Å². The Morgan fingerprint density at radius 1 is 1.00 bits per heavy atom. The summed E-state index contributed by atoms with van der Waals surface area (Å²) in [6, 6.07) is 14.1. The van der Waals surface area contributed by atoms with Gasteiger partial charge in [0, 0.05) is 6.54 Å². The highest BCUT2D eigenvalue weighted by atomic mass is 16.5. The van der Waals surface area contributed by atoms with Gasteiger partial charge in [0.1, 0.15) is 22.7 Å². The number of anilines is 1. The molecule has 0 aromatic heterocycles. The van der Waals surface area contributed by atoms with Gasteiger partial charge in [0.25, 0.3) is 0 Å². The summed E-state index contributed by atoms with van der Waals surface area (Å²) in [6.07, 6.45) is 2.29. The number of carbonyl (C=O) groups excluding carboxylic acids is 1. The lowest BCUT2D eigenvalue weighted by Crippen LogP contribution is -2.50. The van der Waals surface area contributed by atoms with Crippen LogP contribution < -0.4 is 20.1 Å². The van der Waals surface area contributed by atoms with Crippen LogP contribution in [-0.4, -0.2) is 32.2 Å². The average molecular weight is 385 g/mol. The van der Waals surface area contributed by atoms with Crippen molar-refractivity contribution in [2.24, 2.45) is 0 Å². The number of aryl methyl sites for hydroxylation is 1. The van der Waals surface area contributed by atoms with E-state index in [9.17, 15) is 4.79 Å². The summed E-state index contributed by atoms with van der Waals surface area (Å²) in [4.78, 5) is 13.0. The van der Waals surface area contributed by atoms with Crippen LogP contribution in [0.5, 0.6) is 11.5 Å². The summed E-state index contributed by atoms with van der Waals surface area (Å²) in [7, 11) is 3.26. The van der Waals surface area contributed by atoms with Crippen molar-refractivity contribution in [3.05, 3.63) is 53.6 Å². The quantitative estimate of drug-likeness (QED) is 0.644. The zero-order valence-corrected chi connectivity index (χ0v) is 17.6. The molecule has 2 rings (SSSR count). The molecule has 0 aliphatic heterocycles. The third-order valence-electron chi connectivity index (χ3n) is 5.13. The van der Waals surface area contributed by atoms with E-state index in [2.05, 4.69) is 29.7 Å². The first kappa shape index (κ1) is 21.6. The number of amides is 1. The van der Waals surface area contributed by atoms with Crippen molar-refractivity contribution in [2.45, 2.75) is 45.6 Å². The topological polar surface area (TPSA) is 59.6 Å². The van der Waals surface area contributed by atoms with Gasteiger partial charge < -0.3 is 20.1 Å². The van der Waals surface area contributed by atoms with E-state index < -0.39 is 5.54 Å². The number of hydrogen-bond donors (Lipinski definition) is 2. The molecule has 0 unspecified atom stereocenters. The largest absolute Gasteiger partial charge is 0.494 e. The molecule has 0 aliphatic carbocycles. The van der Waals surface area contributed by atoms with Gasteiger partial charge in [-0.15, -0.1) is 0 Å². The van der Waals surface area contributed by atoms with Crippen molar-refractivity contribution in [1.82, 2.24) is 5.32 Å². The Kier molecular flexibility index (Phi) is 7.73. The fourth-order valence-electron chi connectivity index (χ4n) is 3.04. The van der Waals surface area contributed by atoms with E-state index >= 15 is 0 Å². The molecule has 5 heteroatoms. The van der Waals surface area contributed by atoms with E-state index in [1.165, 1.54) is 5.56 Å². The van der Waals surface area contributed by atoms with Crippen LogP contribution in [0.4, 0.5) is 5.69 Å². The molecule has 2 aromatic rings. The number of hydrogen-bond acceptors (Lipinski definition) is 4. The standard InChI is InChI=1S/C23H32N2O3/c1-6-17-15-19(27-4)21(20(16-17)28-5)25-23(3,7-2)22(26)24-14-13-18-11-9-8-10-12-18/h8-12,15-16,25H,6-7,13-14H2,1-5H3,(H,24,26)/t23-/m1/s1. The molecule has 2 N–H and O–H groups in total. The minimum atomic E-state index is -0.787. The van der Waals surface area contributed by atoms with Crippen LogP contribution >= 0.6 is 0 Å². The van der Waals surface area contributed by atoms with Crippen molar-refractivity contribution in [1.29, 1.82) is 0 Å². The van der Waals surface area contributed by atoms with E-state index in [1.807, 2.05) is 44.2 Å². The second-order valence-electron chi connectivity index (χ2n) is 7.03. The first-order chi connectivity index (χ1) is 13.5. The normalized spacial score (nSPS) is 12.8. The zero-order valence-electron chi connectivity index (χ0n) is 17.6. The number of methoxy groups -OCH3 is 2. The highest BCUT2D eigenvalue weighted by molar-refractivity contribution is 5.90. The first-order valence-corrected chi connectivity index (χ1v) is 9.82. The average Bonchev–Trinajstić information content (AvgIpc) is 2.74. The number of benzene rings is 2. The van der Waals surface area contributed by atoms with Gasteiger partial charge in [-0.05, 0) is 49.4 Å². The maximum Gasteiger partial charge on any atom is 0.245 e. The second kappa shape index (κ2) is 10.0. The molecule has 152 valence electrons. The highest BCUT2D eigenvalue weighted by Gasteiger charge is 2.33. The van der Waals surface area contributed by atoms with Crippen LogP contribution in [0.15, 0.2) is 42.5 Å². The molecule has 0 saturated heterocycles. The third-order valence-corrected chi connectivity index (χ3v) is 5.13. The SMILES string of the molecule is CCc1cc(OC)c(N[C@](C)(CC)C(=O)NCCc2ccccc2)c(OC)c1. The molecular formula is C23H32N2O3. The molecule has 28 heavy (non-hydrogen) atoms. The van der Waals surface area contributed by atoms with Gasteiger partial charge in [0.15, 0.2) is 0 Å². The van der Waals surface area contributed by atoms with Gasteiger partial charge in [-0.25, -0.2) is 0 Å². The summed E-state index contributed by atoms with van der Waals surface area (Å²) in [5.74, 6) is 1.30. The molecule has 0 bridgehead atoms. The minimum Gasteiger partial charge on any atom is -0.494 e. The summed E-state index contributed by atoms with van der Waals surface area (Å²) < 4.78 is 11.1. The Balaban J connectivity index is 2.15. The third kappa shape index (κ3) is 5.18. The minimum absolute atomic E-state index is 0.0467. The molecule has 0 aliphatic rings. The summed E-state index contributed by atoms with van der Waals surface area (Å²) in [5, 5.41) is 6.44. The van der Waals surface area contributed by atoms with Gasteiger partial charge in [-0.3, -0.25) is 4.79 Å². The number of rotatable bonds is 10. The Bertz CT molecular complexity index is 752. The smallest absolute Gasteiger partial charge is 0.245 e. The van der Waals surface area contributed by atoms with E-state index in [4.69, 9.17) is 9.47 Å². The van der Waals surface area contributed by atoms with Crippen molar-refractivity contribution >= 4 is 11.6 Å². The first-order valence-electron chi connectivity index (χ1n) is 9.82. The molecule has 0 radical (unpaired) electrons. The lowest BCUT2D eigenvalue weighted by Gasteiger charge is -2.31. The maximum atomic E-state index is 13.0. The molecule has 5 nitrogen and oxygen atoms in total. The fourth-order valence-corrected chi connectivity index (χ4v) is 3.04. The fraction of sp³-hybridized carbons (Fsp3) is 0.435. The lowest BCUT2D eigenvalue weighted by atomic mass is 9.96. The Labute approximate surface area is 168 Å². The Morgan fingerprint density at radius 3 is 2.11 bits per heavy atom. The number of carbonyl (C=O) groups is 1. The number of nitrogens with one attached hydrogen (secondary N) is 2. The monoisotopic (exact) mass is 384 g/mol. The molecule has 0 heterocycles. The summed E-state index contributed by atoms with van der Waals surface area (Å²) >= 11 is 0. The molecule has 1 amide bonds. The Morgan fingerprint density at radius 2 is 1.61 bits per heavy atom. The van der Waals surface area contributed by atoms with E-state index in [0.29, 0.717) is 30.2 Å². The van der Waals surface area contributed by atoms with Crippen molar-refractivity contribution < 1.29 is 14.3 Å². The lowest BCUT2D eigenvalue weighted by molar-refractivity contribution is -0.125. The Hall–Kier alpha value is -2.69. The van der Waals surface area contributed by atoms with Crippen LogP contribution in [0, 0.1) is 0 Å². The van der Waals surface area contributed by atoms with Gasteiger partial charge >= 0.3 is 0 Å². The molecule has 0 fully saturated rings. The summed E-state index contributed by atoms with van der Waals surface area (Å²) in [5.41, 5.74) is 2.23. The van der Waals surface area contributed by atoms with Gasteiger partial charge in [-0.1, -0.05) is 44.2 Å². The number of ether oxygens (including phenoxy) is 2. The molecule has 0 saturated carbocycles. The van der Waals surface area contributed by atoms with Gasteiger partial charge in [0.05, 0.1) is 14.2 Å². The summed E-state index contributed by atoms with van der Waals surface area (Å²) in [6.45, 7) is 6.56. The van der Waals surface area contributed by atoms with Crippen LogP contribution in [0.2, 0.25) is 0 Å². The van der Waals surface area contributed by atoms with Gasteiger partial charge in [-0.2, -0.15) is 0 Å². The van der Waals surface area contributed by atoms with Crippen LogP contribution in [0.3, 0.4) is 0 Å². The molecular weight excluding hydrogens is 352 g/mol. The predicted molar refractivity (Wildman–Crippen MR) is 114 cm³/mol. The van der Waals surface area contributed by atoms with E-state index in [1.54, 1.807) is 14.2 Å². The highest BCUT2D eigenvalue weighted by Crippen LogP contribution is 2.38. The predicted octanol–water partition coefficient (Wildman–Crippen LogP) is 4.21. The van der Waals surface area contributed by atoms with Crippen LogP contribution in [0.1, 0.15) is 38.3 Å². The van der Waals surface area contributed by atoms with Crippen molar-refractivity contribution in [3.8, 4) is 11.5 Å².